The fourth-order valence-corrected chi connectivity index (χ4v) is 3.13. The zero-order valence-electron chi connectivity index (χ0n) is 9.12. The van der Waals surface area contributed by atoms with Crippen molar-refractivity contribution < 1.29 is 0 Å². The SMILES string of the molecule is Cc1ccc(NCC2CCSC2)c(N)c1. The van der Waals surface area contributed by atoms with E-state index in [0.717, 1.165) is 23.8 Å². The van der Waals surface area contributed by atoms with E-state index in [1.807, 2.05) is 6.07 Å². The van der Waals surface area contributed by atoms with Crippen LogP contribution in [0.2, 0.25) is 0 Å². The summed E-state index contributed by atoms with van der Waals surface area (Å²) in [6.07, 6.45) is 1.34. The number of benzene rings is 1. The molecule has 82 valence electrons. The molecule has 1 aliphatic rings. The maximum Gasteiger partial charge on any atom is 0.0574 e. The molecule has 3 N–H and O–H groups in total. The Balaban J connectivity index is 1.92. The number of anilines is 2. The first-order valence-electron chi connectivity index (χ1n) is 5.43. The number of nitrogens with one attached hydrogen (secondary N) is 1. The lowest BCUT2D eigenvalue weighted by molar-refractivity contribution is 0.632. The van der Waals surface area contributed by atoms with Gasteiger partial charge in [-0.1, -0.05) is 6.07 Å². The predicted molar refractivity (Wildman–Crippen MR) is 69.5 cm³/mol. The van der Waals surface area contributed by atoms with Gasteiger partial charge < -0.3 is 11.1 Å². The van der Waals surface area contributed by atoms with Gasteiger partial charge in [0.15, 0.2) is 0 Å². The Kier molecular flexibility index (Phi) is 3.41. The molecule has 1 aliphatic heterocycles. The molecule has 1 unspecified atom stereocenters. The predicted octanol–water partition coefficient (Wildman–Crippen LogP) is 2.74. The van der Waals surface area contributed by atoms with Crippen LogP contribution in [0.5, 0.6) is 0 Å². The van der Waals surface area contributed by atoms with Crippen molar-refractivity contribution >= 4 is 23.1 Å². The van der Waals surface area contributed by atoms with Gasteiger partial charge in [-0.15, -0.1) is 0 Å². The van der Waals surface area contributed by atoms with Gasteiger partial charge in [0.05, 0.1) is 11.4 Å². The quantitative estimate of drug-likeness (QED) is 0.772. The van der Waals surface area contributed by atoms with E-state index in [0.29, 0.717) is 0 Å². The molecule has 15 heavy (non-hydrogen) atoms. The molecule has 2 nitrogen and oxygen atoms in total. The second kappa shape index (κ2) is 4.79. The van der Waals surface area contributed by atoms with Crippen LogP contribution in [0.15, 0.2) is 18.2 Å². The highest BCUT2D eigenvalue weighted by molar-refractivity contribution is 7.99. The van der Waals surface area contributed by atoms with Gasteiger partial charge in [0.1, 0.15) is 0 Å². The average molecular weight is 222 g/mol. The number of nitrogen functional groups attached to an aromatic ring is 1. The summed E-state index contributed by atoms with van der Waals surface area (Å²) in [5.41, 5.74) is 9.10. The minimum atomic E-state index is 0.815. The third-order valence-corrected chi connectivity index (χ3v) is 4.04. The minimum absolute atomic E-state index is 0.815. The van der Waals surface area contributed by atoms with Gasteiger partial charge in [-0.25, -0.2) is 0 Å². The Labute approximate surface area is 95.6 Å². The molecule has 1 atom stereocenters. The Morgan fingerprint density at radius 2 is 2.40 bits per heavy atom. The second-order valence-corrected chi connectivity index (χ2v) is 5.35. The van der Waals surface area contributed by atoms with Crippen molar-refractivity contribution in [3.8, 4) is 0 Å². The molecular weight excluding hydrogens is 204 g/mol. The fraction of sp³-hybridized carbons (Fsp3) is 0.500. The van der Waals surface area contributed by atoms with Gasteiger partial charge in [0.2, 0.25) is 0 Å². The van der Waals surface area contributed by atoms with E-state index in [1.165, 1.54) is 23.5 Å². The smallest absolute Gasteiger partial charge is 0.0574 e. The van der Waals surface area contributed by atoms with Crippen LogP contribution < -0.4 is 11.1 Å². The number of hydrogen-bond donors (Lipinski definition) is 2. The van der Waals surface area contributed by atoms with Gasteiger partial charge in [-0.2, -0.15) is 11.8 Å². The third kappa shape index (κ3) is 2.81. The number of aryl methyl sites for hydroxylation is 1. The first kappa shape index (κ1) is 10.7. The number of hydrogen-bond acceptors (Lipinski definition) is 3. The highest BCUT2D eigenvalue weighted by Crippen LogP contribution is 2.25. The van der Waals surface area contributed by atoms with Crippen LogP contribution in [0, 0.1) is 12.8 Å². The first-order chi connectivity index (χ1) is 7.25. The normalized spacial score (nSPS) is 20.5. The van der Waals surface area contributed by atoms with E-state index in [1.54, 1.807) is 0 Å². The summed E-state index contributed by atoms with van der Waals surface area (Å²) in [6.45, 7) is 3.12. The molecule has 0 aliphatic carbocycles. The van der Waals surface area contributed by atoms with Gasteiger partial charge in [0.25, 0.3) is 0 Å². The van der Waals surface area contributed by atoms with E-state index in [4.69, 9.17) is 5.73 Å². The average Bonchev–Trinajstić information content (AvgIpc) is 2.69. The molecule has 0 spiro atoms. The van der Waals surface area contributed by atoms with Crippen LogP contribution >= 0.6 is 11.8 Å². The van der Waals surface area contributed by atoms with E-state index in [-0.39, 0.29) is 0 Å². The fourth-order valence-electron chi connectivity index (χ4n) is 1.84. The molecule has 1 heterocycles. The summed E-state index contributed by atoms with van der Waals surface area (Å²) < 4.78 is 0. The highest BCUT2D eigenvalue weighted by atomic mass is 32.2. The van der Waals surface area contributed by atoms with Gasteiger partial charge in [-0.3, -0.25) is 0 Å². The lowest BCUT2D eigenvalue weighted by atomic mass is 10.1. The van der Waals surface area contributed by atoms with Crippen molar-refractivity contribution in [2.75, 3.05) is 29.1 Å². The zero-order chi connectivity index (χ0) is 10.7. The number of rotatable bonds is 3. The van der Waals surface area contributed by atoms with Crippen LogP contribution in [0.1, 0.15) is 12.0 Å². The number of nitrogens with two attached hydrogens (primary N) is 1. The van der Waals surface area contributed by atoms with Crippen molar-refractivity contribution in [3.05, 3.63) is 23.8 Å². The summed E-state index contributed by atoms with van der Waals surface area (Å²) in [4.78, 5) is 0. The molecule has 0 saturated carbocycles. The molecule has 0 bridgehead atoms. The molecule has 0 radical (unpaired) electrons. The molecule has 1 fully saturated rings. The van der Waals surface area contributed by atoms with Crippen molar-refractivity contribution in [3.63, 3.8) is 0 Å². The monoisotopic (exact) mass is 222 g/mol. The maximum atomic E-state index is 5.94. The van der Waals surface area contributed by atoms with E-state index < -0.39 is 0 Å². The maximum absolute atomic E-state index is 5.94. The van der Waals surface area contributed by atoms with Crippen LogP contribution in [-0.2, 0) is 0 Å². The summed E-state index contributed by atoms with van der Waals surface area (Å²) in [5, 5.41) is 3.44. The zero-order valence-corrected chi connectivity index (χ0v) is 9.94. The molecule has 1 aromatic rings. The van der Waals surface area contributed by atoms with Crippen molar-refractivity contribution in [1.29, 1.82) is 0 Å². The summed E-state index contributed by atoms with van der Waals surface area (Å²) in [7, 11) is 0. The molecule has 1 aromatic carbocycles. The lowest BCUT2D eigenvalue weighted by Gasteiger charge is -2.13. The molecular formula is C12H18N2S. The molecule has 0 amide bonds. The second-order valence-electron chi connectivity index (χ2n) is 4.20. The van der Waals surface area contributed by atoms with Crippen LogP contribution in [0.25, 0.3) is 0 Å². The molecule has 1 saturated heterocycles. The van der Waals surface area contributed by atoms with E-state index in [2.05, 4.69) is 36.1 Å². The molecule has 3 heteroatoms. The van der Waals surface area contributed by atoms with Crippen LogP contribution in [0.4, 0.5) is 11.4 Å². The Bertz CT molecular complexity index is 332. The lowest BCUT2D eigenvalue weighted by Crippen LogP contribution is -2.14. The summed E-state index contributed by atoms with van der Waals surface area (Å²) in [6, 6.07) is 6.20. The standard InChI is InChI=1S/C12H18N2S/c1-9-2-3-12(11(13)6-9)14-7-10-4-5-15-8-10/h2-3,6,10,14H,4-5,7-8,13H2,1H3. The highest BCUT2D eigenvalue weighted by Gasteiger charge is 2.15. The van der Waals surface area contributed by atoms with Gasteiger partial charge in [-0.05, 0) is 48.5 Å². The third-order valence-electron chi connectivity index (χ3n) is 2.81. The first-order valence-corrected chi connectivity index (χ1v) is 6.59. The van der Waals surface area contributed by atoms with Crippen LogP contribution in [-0.4, -0.2) is 18.1 Å². The van der Waals surface area contributed by atoms with Gasteiger partial charge >= 0.3 is 0 Å². The van der Waals surface area contributed by atoms with Crippen molar-refractivity contribution in [1.82, 2.24) is 0 Å². The number of thioether (sulfide) groups is 1. The molecule has 2 rings (SSSR count). The van der Waals surface area contributed by atoms with Gasteiger partial charge in [0, 0.05) is 6.54 Å². The van der Waals surface area contributed by atoms with Crippen molar-refractivity contribution in [2.24, 2.45) is 5.92 Å². The molecule has 0 aromatic heterocycles. The minimum Gasteiger partial charge on any atom is -0.397 e. The van der Waals surface area contributed by atoms with Crippen molar-refractivity contribution in [2.45, 2.75) is 13.3 Å². The topological polar surface area (TPSA) is 38.0 Å². The summed E-state index contributed by atoms with van der Waals surface area (Å²) >= 11 is 2.05. The Morgan fingerprint density at radius 1 is 1.53 bits per heavy atom. The van der Waals surface area contributed by atoms with Crippen LogP contribution in [0.3, 0.4) is 0 Å². The summed E-state index contributed by atoms with van der Waals surface area (Å²) in [5.74, 6) is 3.42. The Morgan fingerprint density at radius 3 is 3.07 bits per heavy atom. The van der Waals surface area contributed by atoms with E-state index >= 15 is 0 Å². The largest absolute Gasteiger partial charge is 0.397 e. The van der Waals surface area contributed by atoms with E-state index in [9.17, 15) is 0 Å². The Hall–Kier alpha value is -0.830.